The molecule has 5 rings (SSSR count). The summed E-state index contributed by atoms with van der Waals surface area (Å²) >= 11 is 12.5. The summed E-state index contributed by atoms with van der Waals surface area (Å²) in [5.41, 5.74) is 5.96. The number of benzene rings is 2. The molecule has 0 bridgehead atoms. The zero-order valence-electron chi connectivity index (χ0n) is 22.1. The van der Waals surface area contributed by atoms with Gasteiger partial charge in [0.25, 0.3) is 5.91 Å². The van der Waals surface area contributed by atoms with E-state index >= 15 is 0 Å². The van der Waals surface area contributed by atoms with E-state index in [1.54, 1.807) is 24.3 Å². The Hall–Kier alpha value is -3.94. The van der Waals surface area contributed by atoms with Crippen LogP contribution in [-0.2, 0) is 11.3 Å². The molecule has 2 aliphatic carbocycles. The van der Waals surface area contributed by atoms with Crippen LogP contribution in [0.4, 0.5) is 4.39 Å². The second-order valence-electron chi connectivity index (χ2n) is 10.0. The minimum absolute atomic E-state index is 0.0658. The number of allylic oxidation sites excluding steroid dienone is 8. The van der Waals surface area contributed by atoms with Gasteiger partial charge in [0, 0.05) is 40.1 Å². The van der Waals surface area contributed by atoms with E-state index in [2.05, 4.69) is 23.5 Å². The number of carbonyl (C=O) groups excluding carboxylic acids is 1. The number of rotatable bonds is 9. The van der Waals surface area contributed by atoms with Gasteiger partial charge in [0.1, 0.15) is 6.17 Å². The van der Waals surface area contributed by atoms with Crippen molar-refractivity contribution in [2.75, 3.05) is 6.54 Å². The van der Waals surface area contributed by atoms with Gasteiger partial charge in [-0.25, -0.2) is 4.39 Å². The maximum Gasteiger partial charge on any atom is 0.305 e. The minimum Gasteiger partial charge on any atom is -0.481 e. The molecule has 0 fully saturated rings. The second-order valence-corrected chi connectivity index (χ2v) is 10.9. The van der Waals surface area contributed by atoms with E-state index in [0.29, 0.717) is 28.6 Å². The lowest BCUT2D eigenvalue weighted by atomic mass is 9.86. The van der Waals surface area contributed by atoms with Crippen molar-refractivity contribution in [2.24, 2.45) is 5.92 Å². The van der Waals surface area contributed by atoms with Gasteiger partial charge in [-0.1, -0.05) is 71.8 Å². The molecule has 3 aromatic rings. The maximum absolute atomic E-state index is 13.5. The van der Waals surface area contributed by atoms with Crippen molar-refractivity contribution in [2.45, 2.75) is 32.0 Å². The van der Waals surface area contributed by atoms with Crippen LogP contribution in [0.1, 0.15) is 40.9 Å². The molecule has 1 heterocycles. The predicted molar refractivity (Wildman–Crippen MR) is 160 cm³/mol. The number of halogens is 3. The number of nitrogens with one attached hydrogen (secondary N) is 1. The lowest BCUT2D eigenvalue weighted by molar-refractivity contribution is -0.136. The molecule has 0 saturated heterocycles. The molecule has 2 unspecified atom stereocenters. The summed E-state index contributed by atoms with van der Waals surface area (Å²) < 4.78 is 15.4. The van der Waals surface area contributed by atoms with Crippen LogP contribution in [0.3, 0.4) is 0 Å². The van der Waals surface area contributed by atoms with Gasteiger partial charge in [-0.3, -0.25) is 14.3 Å². The van der Waals surface area contributed by atoms with Gasteiger partial charge in [-0.05, 0) is 59.5 Å². The summed E-state index contributed by atoms with van der Waals surface area (Å²) in [5.74, 6) is -1.10. The molecule has 210 valence electrons. The largest absolute Gasteiger partial charge is 0.481 e. The Kier molecular flexibility index (Phi) is 8.86. The lowest BCUT2D eigenvalue weighted by Crippen LogP contribution is -2.25. The number of alkyl halides is 1. The number of hydrogen-bond acceptors (Lipinski definition) is 3. The number of amides is 1. The molecule has 2 aromatic carbocycles. The van der Waals surface area contributed by atoms with Crippen molar-refractivity contribution in [3.63, 3.8) is 0 Å². The SMILES string of the molecule is O=C(O)CCNC(=O)c1ccc(Cn2nc(-c3cc(Cl)cc(Cl)c3)cc2C2=CCC(C3=CCC(F)C=C3)C=C2)cc1. The van der Waals surface area contributed by atoms with Crippen molar-refractivity contribution in [3.05, 3.63) is 117 Å². The molecule has 0 saturated carbocycles. The van der Waals surface area contributed by atoms with Crippen molar-refractivity contribution in [1.82, 2.24) is 15.1 Å². The molecule has 0 spiro atoms. The van der Waals surface area contributed by atoms with Crippen molar-refractivity contribution in [3.8, 4) is 11.3 Å². The van der Waals surface area contributed by atoms with Crippen molar-refractivity contribution in [1.29, 1.82) is 0 Å². The number of hydrogen-bond donors (Lipinski definition) is 2. The molecule has 0 radical (unpaired) electrons. The minimum atomic E-state index is -0.966. The number of nitrogens with zero attached hydrogens (tertiary/aromatic N) is 2. The van der Waals surface area contributed by atoms with Crippen LogP contribution >= 0.6 is 23.2 Å². The van der Waals surface area contributed by atoms with Gasteiger partial charge in [0.05, 0.1) is 24.4 Å². The van der Waals surface area contributed by atoms with Crippen molar-refractivity contribution >= 4 is 40.7 Å². The molecule has 2 N–H and O–H groups in total. The van der Waals surface area contributed by atoms with Crippen LogP contribution in [-0.4, -0.2) is 39.5 Å². The Bertz CT molecular complexity index is 1570. The fourth-order valence-electron chi connectivity index (χ4n) is 4.88. The first-order chi connectivity index (χ1) is 19.7. The highest BCUT2D eigenvalue weighted by molar-refractivity contribution is 6.35. The van der Waals surface area contributed by atoms with Crippen LogP contribution in [0.5, 0.6) is 0 Å². The summed E-state index contributed by atoms with van der Waals surface area (Å²) in [5, 5.41) is 17.3. The topological polar surface area (TPSA) is 84.2 Å². The fourth-order valence-corrected chi connectivity index (χ4v) is 5.40. The summed E-state index contributed by atoms with van der Waals surface area (Å²) in [6.45, 7) is 0.515. The maximum atomic E-state index is 13.5. The highest BCUT2D eigenvalue weighted by atomic mass is 35.5. The second kappa shape index (κ2) is 12.7. The quantitative estimate of drug-likeness (QED) is 0.273. The Morgan fingerprint density at radius 3 is 2.39 bits per heavy atom. The van der Waals surface area contributed by atoms with E-state index in [9.17, 15) is 14.0 Å². The third-order valence-electron chi connectivity index (χ3n) is 7.01. The number of aliphatic carboxylic acids is 1. The Morgan fingerprint density at radius 1 is 1.00 bits per heavy atom. The summed E-state index contributed by atoms with van der Waals surface area (Å²) in [6.07, 6.45) is 12.0. The van der Waals surface area contributed by atoms with E-state index in [-0.39, 0.29) is 24.8 Å². The lowest BCUT2D eigenvalue weighted by Gasteiger charge is -2.20. The molecule has 9 heteroatoms. The van der Waals surface area contributed by atoms with Gasteiger partial charge in [0.15, 0.2) is 0 Å². The molecule has 2 atom stereocenters. The zero-order chi connectivity index (χ0) is 28.9. The molecule has 1 amide bonds. The zero-order valence-corrected chi connectivity index (χ0v) is 23.6. The van der Waals surface area contributed by atoms with Crippen molar-refractivity contribution < 1.29 is 19.1 Å². The number of carboxylic acids is 1. The smallest absolute Gasteiger partial charge is 0.305 e. The number of aromatic nitrogens is 2. The normalized spacial score (nSPS) is 18.1. The molecule has 0 aliphatic heterocycles. The summed E-state index contributed by atoms with van der Waals surface area (Å²) in [6, 6.07) is 14.5. The Labute approximate surface area is 247 Å². The van der Waals surface area contributed by atoms with Gasteiger partial charge < -0.3 is 10.4 Å². The van der Waals surface area contributed by atoms with Crippen LogP contribution in [0.15, 0.2) is 90.6 Å². The summed E-state index contributed by atoms with van der Waals surface area (Å²) in [7, 11) is 0. The first-order valence-corrected chi connectivity index (χ1v) is 14.0. The van der Waals surface area contributed by atoms with E-state index in [0.717, 1.165) is 40.1 Å². The molecule has 1 aromatic heterocycles. The molecule has 6 nitrogen and oxygen atoms in total. The average Bonchev–Trinajstić information content (AvgIpc) is 3.37. The van der Waals surface area contributed by atoms with Gasteiger partial charge in [-0.2, -0.15) is 5.10 Å². The highest BCUT2D eigenvalue weighted by Crippen LogP contribution is 2.34. The predicted octanol–water partition coefficient (Wildman–Crippen LogP) is 7.29. The van der Waals surface area contributed by atoms with Gasteiger partial charge in [-0.15, -0.1) is 0 Å². The van der Waals surface area contributed by atoms with Gasteiger partial charge >= 0.3 is 5.97 Å². The van der Waals surface area contributed by atoms with E-state index < -0.39 is 12.1 Å². The first kappa shape index (κ1) is 28.6. The Morgan fingerprint density at radius 2 is 1.76 bits per heavy atom. The molecule has 41 heavy (non-hydrogen) atoms. The summed E-state index contributed by atoms with van der Waals surface area (Å²) in [4.78, 5) is 23.0. The van der Waals surface area contributed by atoms with Crippen LogP contribution in [0.25, 0.3) is 16.8 Å². The number of carboxylic acid groups (broad SMARTS) is 1. The molecule has 2 aliphatic rings. The average molecular weight is 592 g/mol. The fraction of sp³-hybridized carbons (Fsp3) is 0.219. The first-order valence-electron chi connectivity index (χ1n) is 13.3. The Balaban J connectivity index is 1.39. The third-order valence-corrected chi connectivity index (χ3v) is 7.45. The van der Waals surface area contributed by atoms with E-state index in [1.165, 1.54) is 0 Å². The van der Waals surface area contributed by atoms with Crippen LogP contribution in [0.2, 0.25) is 10.0 Å². The standard InChI is InChI=1S/C32H28Cl2FN3O3/c33-26-15-25(16-27(34)17-26)29-18-30(23-7-5-21(6-8-23)22-9-11-28(35)12-10-22)38(37-29)19-20-1-3-24(4-2-20)32(41)36-14-13-31(39)40/h1-5,7-11,15-18,21,28H,6,12-14,19H2,(H,36,41)(H,39,40). The molecular weight excluding hydrogens is 564 g/mol. The highest BCUT2D eigenvalue weighted by Gasteiger charge is 2.19. The van der Waals surface area contributed by atoms with E-state index in [4.69, 9.17) is 33.4 Å². The van der Waals surface area contributed by atoms with Gasteiger partial charge in [0.2, 0.25) is 0 Å². The van der Waals surface area contributed by atoms with E-state index in [1.807, 2.05) is 47.2 Å². The monoisotopic (exact) mass is 591 g/mol. The number of carbonyl (C=O) groups is 2. The van der Waals surface area contributed by atoms with Crippen LogP contribution in [0, 0.1) is 5.92 Å². The van der Waals surface area contributed by atoms with Crippen LogP contribution < -0.4 is 5.32 Å². The third kappa shape index (κ3) is 7.23. The molecular formula is C32H28Cl2FN3O3.